The molecular formula is C30H58O2. The first-order valence-corrected chi connectivity index (χ1v) is 14.6. The van der Waals surface area contributed by atoms with Gasteiger partial charge < -0.3 is 4.74 Å². The standard InChI is InChI=1S/C30H58O2/c1-4-7-10-12-13-14-15-16-17-18-19-20-21-23-25-28-30(31)32-29(26-9-6-3)27-24-22-11-8-5-2/h16-17,29H,4-15,18-28H2,1-3H3. The van der Waals surface area contributed by atoms with Gasteiger partial charge in [-0.1, -0.05) is 123 Å². The van der Waals surface area contributed by atoms with Crippen LogP contribution in [0.15, 0.2) is 12.2 Å². The molecule has 0 saturated heterocycles. The van der Waals surface area contributed by atoms with Crippen LogP contribution in [-0.2, 0) is 9.53 Å². The van der Waals surface area contributed by atoms with Gasteiger partial charge in [0.05, 0.1) is 0 Å². The molecule has 0 N–H and O–H groups in total. The number of carbonyl (C=O) groups excluding carboxylic acids is 1. The number of hydrogen-bond acceptors (Lipinski definition) is 2. The SMILES string of the molecule is CCCCCCCCC=CCCCCCCCC(=O)OC(CCCC)CCCCCCC. The minimum Gasteiger partial charge on any atom is -0.462 e. The Bertz CT molecular complexity index is 402. The van der Waals surface area contributed by atoms with E-state index in [2.05, 4.69) is 32.9 Å². The second kappa shape index (κ2) is 26.5. The molecule has 0 saturated carbocycles. The van der Waals surface area contributed by atoms with E-state index in [0.717, 1.165) is 25.7 Å². The summed E-state index contributed by atoms with van der Waals surface area (Å²) in [6, 6.07) is 0. The molecule has 0 aliphatic rings. The lowest BCUT2D eigenvalue weighted by Crippen LogP contribution is -2.18. The highest BCUT2D eigenvalue weighted by Gasteiger charge is 2.13. The van der Waals surface area contributed by atoms with E-state index in [0.29, 0.717) is 6.42 Å². The summed E-state index contributed by atoms with van der Waals surface area (Å²) in [4.78, 5) is 12.3. The fourth-order valence-corrected chi connectivity index (χ4v) is 4.25. The first-order valence-electron chi connectivity index (χ1n) is 14.6. The van der Waals surface area contributed by atoms with E-state index >= 15 is 0 Å². The van der Waals surface area contributed by atoms with Crippen molar-refractivity contribution in [2.75, 3.05) is 0 Å². The second-order valence-electron chi connectivity index (χ2n) is 9.79. The third kappa shape index (κ3) is 23.9. The molecule has 0 bridgehead atoms. The highest BCUT2D eigenvalue weighted by atomic mass is 16.5. The van der Waals surface area contributed by atoms with Crippen molar-refractivity contribution in [1.82, 2.24) is 0 Å². The number of ether oxygens (including phenoxy) is 1. The lowest BCUT2D eigenvalue weighted by Gasteiger charge is -2.18. The van der Waals surface area contributed by atoms with Crippen LogP contribution in [0.25, 0.3) is 0 Å². The summed E-state index contributed by atoms with van der Waals surface area (Å²) in [5, 5.41) is 0. The van der Waals surface area contributed by atoms with Gasteiger partial charge in [-0.25, -0.2) is 0 Å². The van der Waals surface area contributed by atoms with Crippen LogP contribution >= 0.6 is 0 Å². The maximum absolute atomic E-state index is 12.3. The van der Waals surface area contributed by atoms with Crippen molar-refractivity contribution in [3.8, 4) is 0 Å². The van der Waals surface area contributed by atoms with Crippen molar-refractivity contribution in [2.24, 2.45) is 0 Å². The van der Waals surface area contributed by atoms with Gasteiger partial charge in [0.2, 0.25) is 0 Å². The zero-order chi connectivity index (χ0) is 23.5. The van der Waals surface area contributed by atoms with E-state index in [9.17, 15) is 4.79 Å². The molecule has 0 spiro atoms. The van der Waals surface area contributed by atoms with Gasteiger partial charge in [0, 0.05) is 6.42 Å². The van der Waals surface area contributed by atoms with Gasteiger partial charge in [-0.3, -0.25) is 4.79 Å². The average molecular weight is 451 g/mol. The van der Waals surface area contributed by atoms with Gasteiger partial charge in [-0.2, -0.15) is 0 Å². The summed E-state index contributed by atoms with van der Waals surface area (Å²) in [5.41, 5.74) is 0. The Balaban J connectivity index is 3.61. The Labute approximate surface area is 202 Å². The number of rotatable bonds is 25. The van der Waals surface area contributed by atoms with Crippen molar-refractivity contribution in [2.45, 2.75) is 175 Å². The summed E-state index contributed by atoms with van der Waals surface area (Å²) in [6.07, 6.45) is 33.1. The second-order valence-corrected chi connectivity index (χ2v) is 9.79. The maximum atomic E-state index is 12.3. The average Bonchev–Trinajstić information content (AvgIpc) is 2.79. The predicted octanol–water partition coefficient (Wildman–Crippen LogP) is 10.5. The zero-order valence-electron chi connectivity index (χ0n) is 22.3. The van der Waals surface area contributed by atoms with Crippen LogP contribution in [-0.4, -0.2) is 12.1 Å². The molecular weight excluding hydrogens is 392 g/mol. The first-order chi connectivity index (χ1) is 15.7. The minimum absolute atomic E-state index is 0.0392. The normalized spacial score (nSPS) is 12.5. The van der Waals surface area contributed by atoms with Crippen LogP contribution in [0.3, 0.4) is 0 Å². The summed E-state index contributed by atoms with van der Waals surface area (Å²) in [5.74, 6) is 0.0392. The minimum atomic E-state index is 0.0392. The Morgan fingerprint density at radius 1 is 0.562 bits per heavy atom. The van der Waals surface area contributed by atoms with Gasteiger partial charge in [0.15, 0.2) is 0 Å². The zero-order valence-corrected chi connectivity index (χ0v) is 22.3. The lowest BCUT2D eigenvalue weighted by molar-refractivity contribution is -0.150. The molecule has 2 nitrogen and oxygen atoms in total. The van der Waals surface area contributed by atoms with Crippen LogP contribution in [0.2, 0.25) is 0 Å². The highest BCUT2D eigenvalue weighted by Crippen LogP contribution is 2.16. The van der Waals surface area contributed by atoms with Crippen LogP contribution in [0.5, 0.6) is 0 Å². The van der Waals surface area contributed by atoms with E-state index in [4.69, 9.17) is 4.74 Å². The number of unbranched alkanes of at least 4 members (excludes halogenated alkanes) is 16. The van der Waals surface area contributed by atoms with E-state index < -0.39 is 0 Å². The Morgan fingerprint density at radius 3 is 1.56 bits per heavy atom. The van der Waals surface area contributed by atoms with Gasteiger partial charge in [0.25, 0.3) is 0 Å². The molecule has 0 amide bonds. The molecule has 32 heavy (non-hydrogen) atoms. The third-order valence-electron chi connectivity index (χ3n) is 6.45. The molecule has 2 heteroatoms. The van der Waals surface area contributed by atoms with Gasteiger partial charge in [-0.15, -0.1) is 0 Å². The molecule has 0 fully saturated rings. The lowest BCUT2D eigenvalue weighted by atomic mass is 10.0. The van der Waals surface area contributed by atoms with Crippen molar-refractivity contribution >= 4 is 5.97 Å². The Morgan fingerprint density at radius 2 is 1.00 bits per heavy atom. The molecule has 0 aromatic rings. The van der Waals surface area contributed by atoms with Gasteiger partial charge >= 0.3 is 5.97 Å². The number of esters is 1. The monoisotopic (exact) mass is 450 g/mol. The number of carbonyl (C=O) groups is 1. The molecule has 0 aliphatic heterocycles. The fourth-order valence-electron chi connectivity index (χ4n) is 4.25. The summed E-state index contributed by atoms with van der Waals surface area (Å²) in [7, 11) is 0. The van der Waals surface area contributed by atoms with Gasteiger partial charge in [0.1, 0.15) is 6.10 Å². The number of allylic oxidation sites excluding steroid dienone is 2. The smallest absolute Gasteiger partial charge is 0.306 e. The molecule has 0 heterocycles. The highest BCUT2D eigenvalue weighted by molar-refractivity contribution is 5.69. The summed E-state index contributed by atoms with van der Waals surface area (Å²) < 4.78 is 5.83. The number of hydrogen-bond donors (Lipinski definition) is 0. The summed E-state index contributed by atoms with van der Waals surface area (Å²) in [6.45, 7) is 6.74. The van der Waals surface area contributed by atoms with Crippen molar-refractivity contribution in [3.05, 3.63) is 12.2 Å². The largest absolute Gasteiger partial charge is 0.462 e. The fraction of sp³-hybridized carbons (Fsp3) is 0.900. The van der Waals surface area contributed by atoms with E-state index in [1.807, 2.05) is 0 Å². The first kappa shape index (κ1) is 31.2. The van der Waals surface area contributed by atoms with Crippen LogP contribution in [0, 0.1) is 0 Å². The molecule has 0 rings (SSSR count). The predicted molar refractivity (Wildman–Crippen MR) is 142 cm³/mol. The third-order valence-corrected chi connectivity index (χ3v) is 6.45. The molecule has 1 atom stereocenters. The molecule has 1 unspecified atom stereocenters. The van der Waals surface area contributed by atoms with Crippen molar-refractivity contribution in [1.29, 1.82) is 0 Å². The van der Waals surface area contributed by atoms with E-state index in [1.165, 1.54) is 116 Å². The topological polar surface area (TPSA) is 26.3 Å². The van der Waals surface area contributed by atoms with Gasteiger partial charge in [-0.05, 0) is 51.4 Å². The van der Waals surface area contributed by atoms with Crippen LogP contribution in [0.1, 0.15) is 168 Å². The Hall–Kier alpha value is -0.790. The van der Waals surface area contributed by atoms with Crippen LogP contribution < -0.4 is 0 Å². The van der Waals surface area contributed by atoms with Crippen molar-refractivity contribution in [3.63, 3.8) is 0 Å². The molecule has 0 aromatic carbocycles. The maximum Gasteiger partial charge on any atom is 0.306 e. The van der Waals surface area contributed by atoms with Crippen LogP contribution in [0.4, 0.5) is 0 Å². The van der Waals surface area contributed by atoms with Crippen molar-refractivity contribution < 1.29 is 9.53 Å². The summed E-state index contributed by atoms with van der Waals surface area (Å²) >= 11 is 0. The van der Waals surface area contributed by atoms with E-state index in [1.54, 1.807) is 0 Å². The molecule has 0 aliphatic carbocycles. The molecule has 0 radical (unpaired) electrons. The van der Waals surface area contributed by atoms with E-state index in [-0.39, 0.29) is 12.1 Å². The quantitative estimate of drug-likeness (QED) is 0.0785. The molecule has 0 aromatic heterocycles. The Kier molecular flexibility index (Phi) is 25.8. The molecule has 190 valence electrons.